The van der Waals surface area contributed by atoms with E-state index in [1.807, 2.05) is 24.3 Å². The van der Waals surface area contributed by atoms with Gasteiger partial charge < -0.3 is 15.7 Å². The highest BCUT2D eigenvalue weighted by molar-refractivity contribution is 9.10. The van der Waals surface area contributed by atoms with Crippen molar-refractivity contribution in [3.05, 3.63) is 28.7 Å². The zero-order valence-corrected chi connectivity index (χ0v) is 11.7. The Morgan fingerprint density at radius 1 is 1.44 bits per heavy atom. The molecule has 0 unspecified atom stereocenters. The van der Waals surface area contributed by atoms with Crippen LogP contribution in [-0.2, 0) is 4.79 Å². The van der Waals surface area contributed by atoms with Gasteiger partial charge in [-0.25, -0.2) is 0 Å². The van der Waals surface area contributed by atoms with Crippen molar-refractivity contribution in [1.29, 1.82) is 0 Å². The smallest absolute Gasteiger partial charge is 0.238 e. The molecule has 5 heteroatoms. The molecule has 0 atom stereocenters. The summed E-state index contributed by atoms with van der Waals surface area (Å²) < 4.78 is 0.930. The third-order valence-electron chi connectivity index (χ3n) is 3.35. The van der Waals surface area contributed by atoms with Crippen molar-refractivity contribution in [2.24, 2.45) is 0 Å². The van der Waals surface area contributed by atoms with Crippen molar-refractivity contribution in [3.63, 3.8) is 0 Å². The minimum Gasteiger partial charge on any atom is -0.394 e. The average Bonchev–Trinajstić information content (AvgIpc) is 2.28. The van der Waals surface area contributed by atoms with Crippen LogP contribution >= 0.6 is 15.9 Å². The molecular weight excluding hydrogens is 296 g/mol. The molecule has 1 aromatic rings. The molecule has 1 aliphatic carbocycles. The first-order valence-electron chi connectivity index (χ1n) is 6.05. The zero-order valence-electron chi connectivity index (χ0n) is 10.1. The standard InChI is InChI=1S/C13H17BrN2O2/c14-10-3-1-4-11(7-10)16-12(18)8-15-13(9-17)5-2-6-13/h1,3-4,7,15,17H,2,5-6,8-9H2,(H,16,18). The Kier molecular flexibility index (Phi) is 4.37. The molecule has 98 valence electrons. The summed E-state index contributed by atoms with van der Waals surface area (Å²) in [5.74, 6) is -0.0900. The van der Waals surface area contributed by atoms with E-state index in [1.165, 1.54) is 0 Å². The van der Waals surface area contributed by atoms with Gasteiger partial charge in [-0.1, -0.05) is 22.0 Å². The lowest BCUT2D eigenvalue weighted by Gasteiger charge is -2.41. The molecule has 0 radical (unpaired) electrons. The molecule has 2 rings (SSSR count). The van der Waals surface area contributed by atoms with Crippen LogP contribution in [0.1, 0.15) is 19.3 Å². The first-order valence-corrected chi connectivity index (χ1v) is 6.84. The molecule has 1 amide bonds. The maximum atomic E-state index is 11.8. The fourth-order valence-electron chi connectivity index (χ4n) is 2.03. The number of hydrogen-bond acceptors (Lipinski definition) is 3. The maximum Gasteiger partial charge on any atom is 0.238 e. The van der Waals surface area contributed by atoms with E-state index in [4.69, 9.17) is 0 Å². The van der Waals surface area contributed by atoms with Crippen LogP contribution in [0.3, 0.4) is 0 Å². The number of aliphatic hydroxyl groups is 1. The lowest BCUT2D eigenvalue weighted by molar-refractivity contribution is -0.116. The van der Waals surface area contributed by atoms with Crippen molar-refractivity contribution < 1.29 is 9.90 Å². The summed E-state index contributed by atoms with van der Waals surface area (Å²) in [7, 11) is 0. The summed E-state index contributed by atoms with van der Waals surface area (Å²) in [6.07, 6.45) is 2.99. The molecule has 3 N–H and O–H groups in total. The van der Waals surface area contributed by atoms with E-state index in [-0.39, 0.29) is 24.6 Å². The van der Waals surface area contributed by atoms with Gasteiger partial charge in [-0.05, 0) is 37.5 Å². The number of benzene rings is 1. The van der Waals surface area contributed by atoms with E-state index >= 15 is 0 Å². The average molecular weight is 313 g/mol. The van der Waals surface area contributed by atoms with E-state index < -0.39 is 0 Å². The molecule has 18 heavy (non-hydrogen) atoms. The monoisotopic (exact) mass is 312 g/mol. The number of halogens is 1. The molecule has 0 aromatic heterocycles. The molecular formula is C13H17BrN2O2. The summed E-state index contributed by atoms with van der Waals surface area (Å²) in [5.41, 5.74) is 0.539. The number of carbonyl (C=O) groups excluding carboxylic acids is 1. The summed E-state index contributed by atoms with van der Waals surface area (Å²) in [5, 5.41) is 15.2. The largest absolute Gasteiger partial charge is 0.394 e. The predicted molar refractivity (Wildman–Crippen MR) is 74.4 cm³/mol. The number of hydrogen-bond donors (Lipinski definition) is 3. The highest BCUT2D eigenvalue weighted by Gasteiger charge is 2.35. The van der Waals surface area contributed by atoms with Crippen LogP contribution in [0, 0.1) is 0 Å². The van der Waals surface area contributed by atoms with Crippen molar-refractivity contribution in [2.75, 3.05) is 18.5 Å². The van der Waals surface area contributed by atoms with E-state index in [2.05, 4.69) is 26.6 Å². The minimum atomic E-state index is -0.228. The Morgan fingerprint density at radius 3 is 2.78 bits per heavy atom. The Bertz CT molecular complexity index is 427. The van der Waals surface area contributed by atoms with Gasteiger partial charge in [0.15, 0.2) is 0 Å². The first kappa shape index (κ1) is 13.5. The fraction of sp³-hybridized carbons (Fsp3) is 0.462. The lowest BCUT2D eigenvalue weighted by Crippen LogP contribution is -2.55. The van der Waals surface area contributed by atoms with E-state index in [9.17, 15) is 9.90 Å². The number of nitrogens with one attached hydrogen (secondary N) is 2. The third-order valence-corrected chi connectivity index (χ3v) is 3.84. The van der Waals surface area contributed by atoms with E-state index in [0.29, 0.717) is 0 Å². The highest BCUT2D eigenvalue weighted by atomic mass is 79.9. The maximum absolute atomic E-state index is 11.8. The Labute approximate surface area is 115 Å². The SMILES string of the molecule is O=C(CNC1(CO)CCC1)Nc1cccc(Br)c1. The van der Waals surface area contributed by atoms with Crippen LogP contribution in [-0.4, -0.2) is 29.7 Å². The zero-order chi connectivity index (χ0) is 13.0. The molecule has 0 aliphatic heterocycles. The quantitative estimate of drug-likeness (QED) is 0.778. The highest BCUT2D eigenvalue weighted by Crippen LogP contribution is 2.30. The Hall–Kier alpha value is -0.910. The van der Waals surface area contributed by atoms with Crippen LogP contribution in [0.25, 0.3) is 0 Å². The van der Waals surface area contributed by atoms with Gasteiger partial charge in [-0.2, -0.15) is 0 Å². The van der Waals surface area contributed by atoms with E-state index in [0.717, 1.165) is 29.4 Å². The summed E-state index contributed by atoms with van der Waals surface area (Å²) in [4.78, 5) is 11.8. The van der Waals surface area contributed by atoms with E-state index in [1.54, 1.807) is 0 Å². The molecule has 1 fully saturated rings. The number of anilines is 1. The summed E-state index contributed by atoms with van der Waals surface area (Å²) in [6.45, 7) is 0.324. The summed E-state index contributed by atoms with van der Waals surface area (Å²) in [6, 6.07) is 7.47. The number of rotatable bonds is 5. The lowest BCUT2D eigenvalue weighted by atomic mass is 9.77. The number of aliphatic hydroxyl groups excluding tert-OH is 1. The first-order chi connectivity index (χ1) is 8.63. The van der Waals surface area contributed by atoms with Crippen molar-refractivity contribution in [1.82, 2.24) is 5.32 Å². The Morgan fingerprint density at radius 2 is 2.22 bits per heavy atom. The second kappa shape index (κ2) is 5.82. The van der Waals surface area contributed by atoms with Gasteiger partial charge >= 0.3 is 0 Å². The van der Waals surface area contributed by atoms with Gasteiger partial charge in [0.25, 0.3) is 0 Å². The number of amides is 1. The predicted octanol–water partition coefficient (Wildman–Crippen LogP) is 1.89. The molecule has 4 nitrogen and oxygen atoms in total. The van der Waals surface area contributed by atoms with Crippen molar-refractivity contribution in [2.45, 2.75) is 24.8 Å². The van der Waals surface area contributed by atoms with Gasteiger partial charge in [-0.3, -0.25) is 4.79 Å². The third kappa shape index (κ3) is 3.31. The second-order valence-corrected chi connectivity index (χ2v) is 5.62. The number of carbonyl (C=O) groups is 1. The van der Waals surface area contributed by atoms with Crippen LogP contribution in [0.4, 0.5) is 5.69 Å². The molecule has 1 aromatic carbocycles. The second-order valence-electron chi connectivity index (χ2n) is 4.70. The fourth-order valence-corrected chi connectivity index (χ4v) is 2.43. The minimum absolute atomic E-state index is 0.0900. The molecule has 0 heterocycles. The van der Waals surface area contributed by atoms with Crippen LogP contribution in [0.5, 0.6) is 0 Å². The van der Waals surface area contributed by atoms with Crippen LogP contribution in [0.15, 0.2) is 28.7 Å². The van der Waals surface area contributed by atoms with Crippen molar-refractivity contribution in [3.8, 4) is 0 Å². The Balaban J connectivity index is 1.82. The van der Waals surface area contributed by atoms with Gasteiger partial charge in [0, 0.05) is 15.7 Å². The van der Waals surface area contributed by atoms with Gasteiger partial charge in [-0.15, -0.1) is 0 Å². The van der Waals surface area contributed by atoms with Crippen molar-refractivity contribution >= 4 is 27.5 Å². The molecule has 1 aliphatic rings. The summed E-state index contributed by atoms with van der Waals surface area (Å²) >= 11 is 3.35. The van der Waals surface area contributed by atoms with Gasteiger partial charge in [0.2, 0.25) is 5.91 Å². The molecule has 0 bridgehead atoms. The van der Waals surface area contributed by atoms with Crippen LogP contribution < -0.4 is 10.6 Å². The molecule has 1 saturated carbocycles. The normalized spacial score (nSPS) is 17.0. The van der Waals surface area contributed by atoms with Gasteiger partial charge in [0.05, 0.1) is 13.2 Å². The van der Waals surface area contributed by atoms with Gasteiger partial charge in [0.1, 0.15) is 0 Å². The topological polar surface area (TPSA) is 61.4 Å². The van der Waals surface area contributed by atoms with Crippen LogP contribution in [0.2, 0.25) is 0 Å². The molecule has 0 saturated heterocycles. The molecule has 0 spiro atoms.